The van der Waals surface area contributed by atoms with Crippen LogP contribution in [0, 0.1) is 0 Å². The van der Waals surface area contributed by atoms with Crippen molar-refractivity contribution in [3.8, 4) is 0 Å². The van der Waals surface area contributed by atoms with E-state index in [4.69, 9.17) is 10.6 Å². The second kappa shape index (κ2) is 12.1. The van der Waals surface area contributed by atoms with Gasteiger partial charge in [-0.05, 0) is 37.1 Å². The molecule has 2 aliphatic rings. The monoisotopic (exact) mass is 531 g/mol. The minimum absolute atomic E-state index is 0.0568. The first kappa shape index (κ1) is 26.4. The molecule has 2 fully saturated rings. The van der Waals surface area contributed by atoms with Crippen LogP contribution >= 0.6 is 0 Å². The van der Waals surface area contributed by atoms with Gasteiger partial charge in [-0.2, -0.15) is 0 Å². The maximum absolute atomic E-state index is 12.8. The number of hydrogen-bond acceptors (Lipinski definition) is 10. The summed E-state index contributed by atoms with van der Waals surface area (Å²) < 4.78 is 24.5. The Kier molecular flexibility index (Phi) is 8.61. The Bertz CT molecular complexity index is 1190. The van der Waals surface area contributed by atoms with E-state index in [0.717, 1.165) is 25.0 Å². The number of oxime groups is 1. The molecule has 2 aliphatic heterocycles. The zero-order valence-corrected chi connectivity index (χ0v) is 21.7. The van der Waals surface area contributed by atoms with Gasteiger partial charge in [0.1, 0.15) is 24.6 Å². The summed E-state index contributed by atoms with van der Waals surface area (Å²) in [6.07, 6.45) is 6.30. The predicted molar refractivity (Wildman–Crippen MR) is 144 cm³/mol. The van der Waals surface area contributed by atoms with Gasteiger partial charge in [0.15, 0.2) is 0 Å². The summed E-state index contributed by atoms with van der Waals surface area (Å²) in [5, 5.41) is 6.86. The Morgan fingerprint density at radius 1 is 1.08 bits per heavy atom. The molecule has 4 rings (SSSR count). The number of carbonyl (C=O) groups is 1. The predicted octanol–water partition coefficient (Wildman–Crippen LogP) is 0.913. The molecule has 1 aromatic carbocycles. The van der Waals surface area contributed by atoms with E-state index in [1.54, 1.807) is 4.90 Å². The molecule has 2 aromatic rings. The standard InChI is InChI=1S/C23H33N9O4S/c1-37(34,35)28-8-15-36-27-16-20-21(24)25-17-26-22(20)31-11-13-32(14-12-31)23(33)29-18-4-6-19(7-5-18)30-9-2-3-10-30/h4-7,16-17,28H,2-3,8-15H2,1H3,(H,29,33)(H2,24,25,26)/b27-16+. The van der Waals surface area contributed by atoms with Gasteiger partial charge in [0, 0.05) is 57.2 Å². The van der Waals surface area contributed by atoms with Crippen LogP contribution < -0.4 is 25.6 Å². The van der Waals surface area contributed by atoms with Gasteiger partial charge in [0.05, 0.1) is 18.0 Å². The van der Waals surface area contributed by atoms with Crippen molar-refractivity contribution in [1.29, 1.82) is 0 Å². The third kappa shape index (κ3) is 7.43. The number of rotatable bonds is 9. The molecule has 3 heterocycles. The summed E-state index contributed by atoms with van der Waals surface area (Å²) in [4.78, 5) is 32.5. The fourth-order valence-electron chi connectivity index (χ4n) is 4.25. The number of anilines is 4. The van der Waals surface area contributed by atoms with E-state index >= 15 is 0 Å². The van der Waals surface area contributed by atoms with Crippen molar-refractivity contribution in [2.24, 2.45) is 5.16 Å². The SMILES string of the molecule is CS(=O)(=O)NCCO/N=C/c1c(N)ncnc1N1CCN(C(=O)Nc2ccc(N3CCCC3)cc2)CC1. The van der Waals surface area contributed by atoms with Gasteiger partial charge < -0.3 is 30.6 Å². The van der Waals surface area contributed by atoms with Crippen LogP contribution in [0.25, 0.3) is 0 Å². The van der Waals surface area contributed by atoms with Crippen LogP contribution in [0.4, 0.5) is 27.8 Å². The molecular weight excluding hydrogens is 498 g/mol. The van der Waals surface area contributed by atoms with Crippen LogP contribution in [-0.2, 0) is 14.9 Å². The normalized spacial score (nSPS) is 16.4. The Morgan fingerprint density at radius 2 is 1.78 bits per heavy atom. The van der Waals surface area contributed by atoms with Crippen LogP contribution in [0.2, 0.25) is 0 Å². The molecule has 200 valence electrons. The molecule has 0 saturated carbocycles. The van der Waals surface area contributed by atoms with Gasteiger partial charge in [-0.15, -0.1) is 0 Å². The summed E-state index contributed by atoms with van der Waals surface area (Å²) in [5.74, 6) is 0.829. The summed E-state index contributed by atoms with van der Waals surface area (Å²) in [7, 11) is -3.29. The number of amides is 2. The lowest BCUT2D eigenvalue weighted by Crippen LogP contribution is -2.50. The second-order valence-corrected chi connectivity index (χ2v) is 10.7. The van der Waals surface area contributed by atoms with Crippen LogP contribution in [0.1, 0.15) is 18.4 Å². The van der Waals surface area contributed by atoms with E-state index in [-0.39, 0.29) is 25.0 Å². The Balaban J connectivity index is 1.29. The van der Waals surface area contributed by atoms with Gasteiger partial charge in [0.2, 0.25) is 10.0 Å². The number of hydrogen-bond donors (Lipinski definition) is 3. The third-order valence-corrected chi connectivity index (χ3v) is 6.89. The molecule has 0 bridgehead atoms. The number of piperazine rings is 1. The van der Waals surface area contributed by atoms with Crippen molar-refractivity contribution < 1.29 is 18.0 Å². The zero-order chi connectivity index (χ0) is 26.3. The molecule has 37 heavy (non-hydrogen) atoms. The molecule has 13 nitrogen and oxygen atoms in total. The highest BCUT2D eigenvalue weighted by atomic mass is 32.2. The van der Waals surface area contributed by atoms with Crippen LogP contribution in [0.15, 0.2) is 35.7 Å². The average molecular weight is 532 g/mol. The van der Waals surface area contributed by atoms with E-state index < -0.39 is 10.0 Å². The number of nitrogens with zero attached hydrogens (tertiary/aromatic N) is 6. The minimum atomic E-state index is -3.29. The topological polar surface area (TPSA) is 158 Å². The molecule has 0 atom stereocenters. The molecule has 0 spiro atoms. The Morgan fingerprint density at radius 3 is 2.46 bits per heavy atom. The lowest BCUT2D eigenvalue weighted by molar-refractivity contribution is 0.151. The van der Waals surface area contributed by atoms with Crippen molar-refractivity contribution in [1.82, 2.24) is 19.6 Å². The van der Waals surface area contributed by atoms with Crippen LogP contribution in [-0.4, -0.2) is 94.2 Å². The highest BCUT2D eigenvalue weighted by Crippen LogP contribution is 2.23. The van der Waals surface area contributed by atoms with E-state index in [2.05, 4.69) is 30.1 Å². The van der Waals surface area contributed by atoms with Crippen molar-refractivity contribution in [3.63, 3.8) is 0 Å². The quantitative estimate of drug-likeness (QED) is 0.243. The summed E-state index contributed by atoms with van der Waals surface area (Å²) in [6.45, 7) is 4.43. The first-order valence-corrected chi connectivity index (χ1v) is 14.1. The molecular formula is C23H33N9O4S. The highest BCUT2D eigenvalue weighted by molar-refractivity contribution is 7.88. The van der Waals surface area contributed by atoms with E-state index in [1.165, 1.54) is 31.1 Å². The fraction of sp³-hybridized carbons (Fsp3) is 0.478. The summed E-state index contributed by atoms with van der Waals surface area (Å²) in [6, 6.07) is 7.83. The van der Waals surface area contributed by atoms with Crippen molar-refractivity contribution >= 4 is 45.3 Å². The first-order chi connectivity index (χ1) is 17.8. The molecule has 0 unspecified atom stereocenters. The van der Waals surface area contributed by atoms with Crippen LogP contribution in [0.5, 0.6) is 0 Å². The van der Waals surface area contributed by atoms with Gasteiger partial charge in [-0.1, -0.05) is 5.16 Å². The van der Waals surface area contributed by atoms with Gasteiger partial charge in [0.25, 0.3) is 0 Å². The molecule has 2 amide bonds. The molecule has 4 N–H and O–H groups in total. The lowest BCUT2D eigenvalue weighted by Gasteiger charge is -2.35. The third-order valence-electron chi connectivity index (χ3n) is 6.16. The number of nitrogens with two attached hydrogens (primary N) is 1. The van der Waals surface area contributed by atoms with E-state index in [1.807, 2.05) is 29.2 Å². The largest absolute Gasteiger partial charge is 0.394 e. The number of nitrogens with one attached hydrogen (secondary N) is 2. The van der Waals surface area contributed by atoms with Crippen molar-refractivity contribution in [3.05, 3.63) is 36.2 Å². The van der Waals surface area contributed by atoms with Crippen LogP contribution in [0.3, 0.4) is 0 Å². The summed E-state index contributed by atoms with van der Waals surface area (Å²) >= 11 is 0. The number of carbonyl (C=O) groups excluding carboxylic acids is 1. The fourth-order valence-corrected chi connectivity index (χ4v) is 4.70. The number of nitrogen functional groups attached to an aromatic ring is 1. The van der Waals surface area contributed by atoms with Crippen molar-refractivity contribution in [2.45, 2.75) is 12.8 Å². The molecule has 2 saturated heterocycles. The number of benzene rings is 1. The first-order valence-electron chi connectivity index (χ1n) is 12.2. The van der Waals surface area contributed by atoms with E-state index in [9.17, 15) is 13.2 Å². The van der Waals surface area contributed by atoms with E-state index in [0.29, 0.717) is 37.6 Å². The number of aromatic nitrogens is 2. The second-order valence-electron chi connectivity index (χ2n) is 8.88. The van der Waals surface area contributed by atoms with Gasteiger partial charge in [-0.3, -0.25) is 0 Å². The number of sulfonamides is 1. The maximum atomic E-state index is 12.8. The Hall–Kier alpha value is -3.65. The van der Waals surface area contributed by atoms with Crippen molar-refractivity contribution in [2.75, 3.05) is 79.5 Å². The molecule has 14 heteroatoms. The Labute approximate surface area is 216 Å². The minimum Gasteiger partial charge on any atom is -0.394 e. The number of urea groups is 1. The summed E-state index contributed by atoms with van der Waals surface area (Å²) in [5.41, 5.74) is 8.49. The molecule has 0 radical (unpaired) electrons. The molecule has 1 aromatic heterocycles. The average Bonchev–Trinajstić information content (AvgIpc) is 3.42. The van der Waals surface area contributed by atoms with Gasteiger partial charge in [-0.25, -0.2) is 27.9 Å². The van der Waals surface area contributed by atoms with Gasteiger partial charge >= 0.3 is 6.03 Å². The molecule has 0 aliphatic carbocycles. The maximum Gasteiger partial charge on any atom is 0.321 e. The smallest absolute Gasteiger partial charge is 0.321 e. The lowest BCUT2D eigenvalue weighted by atomic mass is 10.2. The zero-order valence-electron chi connectivity index (χ0n) is 20.8. The highest BCUT2D eigenvalue weighted by Gasteiger charge is 2.24.